The number of hydrogen-bond acceptors (Lipinski definition) is 4. The quantitative estimate of drug-likeness (QED) is 0.886. The Bertz CT molecular complexity index is 645. The number of likely N-dealkylation sites (tertiary alicyclic amines) is 1. The summed E-state index contributed by atoms with van der Waals surface area (Å²) >= 11 is 0. The third kappa shape index (κ3) is 3.94. The van der Waals surface area contributed by atoms with Gasteiger partial charge in [-0.25, -0.2) is 0 Å². The van der Waals surface area contributed by atoms with E-state index in [1.807, 2.05) is 38.4 Å². The van der Waals surface area contributed by atoms with E-state index in [1.54, 1.807) is 0 Å². The van der Waals surface area contributed by atoms with E-state index in [1.165, 1.54) is 11.1 Å². The molecule has 24 heavy (non-hydrogen) atoms. The van der Waals surface area contributed by atoms with E-state index in [9.17, 15) is 5.11 Å². The summed E-state index contributed by atoms with van der Waals surface area (Å²) < 4.78 is 5.94. The Morgan fingerprint density at radius 1 is 1.17 bits per heavy atom. The predicted molar refractivity (Wildman–Crippen MR) is 95.0 cm³/mol. The first-order valence-electron chi connectivity index (χ1n) is 8.65. The van der Waals surface area contributed by atoms with Crippen molar-refractivity contribution in [3.05, 3.63) is 59.9 Å². The molecule has 4 nitrogen and oxygen atoms in total. The Kier molecular flexibility index (Phi) is 5.48. The second-order valence-corrected chi connectivity index (χ2v) is 6.80. The number of aliphatic hydroxyl groups excluding tert-OH is 1. The van der Waals surface area contributed by atoms with E-state index in [4.69, 9.17) is 4.74 Å². The van der Waals surface area contributed by atoms with Crippen molar-refractivity contribution in [2.24, 2.45) is 5.92 Å². The largest absolute Gasteiger partial charge is 0.491 e. The molecule has 0 bridgehead atoms. The van der Waals surface area contributed by atoms with Crippen molar-refractivity contribution in [3.63, 3.8) is 0 Å². The summed E-state index contributed by atoms with van der Waals surface area (Å²) in [7, 11) is 0. The Balaban J connectivity index is 1.73. The van der Waals surface area contributed by atoms with Gasteiger partial charge in [0.15, 0.2) is 0 Å². The average Bonchev–Trinajstić information content (AvgIpc) is 3.00. The van der Waals surface area contributed by atoms with Crippen LogP contribution >= 0.6 is 0 Å². The average molecular weight is 326 g/mol. The number of pyridine rings is 1. The highest BCUT2D eigenvalue weighted by atomic mass is 16.5. The molecule has 1 aliphatic heterocycles. The van der Waals surface area contributed by atoms with Gasteiger partial charge < -0.3 is 9.84 Å². The van der Waals surface area contributed by atoms with Gasteiger partial charge in [-0.1, -0.05) is 18.2 Å². The molecule has 2 atom stereocenters. The summed E-state index contributed by atoms with van der Waals surface area (Å²) in [4.78, 5) is 6.51. The second kappa shape index (κ2) is 7.77. The molecular weight excluding hydrogens is 300 g/mol. The number of aliphatic hydroxyl groups is 1. The summed E-state index contributed by atoms with van der Waals surface area (Å²) in [6.45, 7) is 7.02. The van der Waals surface area contributed by atoms with Crippen LogP contribution in [0, 0.1) is 5.92 Å². The van der Waals surface area contributed by atoms with E-state index >= 15 is 0 Å². The van der Waals surface area contributed by atoms with Crippen LogP contribution in [-0.4, -0.2) is 40.8 Å². The van der Waals surface area contributed by atoms with Gasteiger partial charge in [0.1, 0.15) is 5.75 Å². The lowest BCUT2D eigenvalue weighted by atomic mass is 9.90. The van der Waals surface area contributed by atoms with Gasteiger partial charge in [0.25, 0.3) is 0 Å². The fourth-order valence-corrected chi connectivity index (χ4v) is 3.51. The Morgan fingerprint density at radius 2 is 1.92 bits per heavy atom. The van der Waals surface area contributed by atoms with Crippen LogP contribution in [0.25, 0.3) is 0 Å². The lowest BCUT2D eigenvalue weighted by molar-refractivity contribution is 0.211. The first-order valence-corrected chi connectivity index (χ1v) is 8.65. The van der Waals surface area contributed by atoms with Crippen molar-refractivity contribution < 1.29 is 9.84 Å². The fourth-order valence-electron chi connectivity index (χ4n) is 3.51. The van der Waals surface area contributed by atoms with E-state index < -0.39 is 0 Å². The van der Waals surface area contributed by atoms with Crippen molar-refractivity contribution >= 4 is 0 Å². The molecule has 128 valence electrons. The van der Waals surface area contributed by atoms with Gasteiger partial charge >= 0.3 is 0 Å². The molecule has 1 N–H and O–H groups in total. The van der Waals surface area contributed by atoms with E-state index in [0.29, 0.717) is 5.92 Å². The van der Waals surface area contributed by atoms with Gasteiger partial charge in [-0.2, -0.15) is 0 Å². The lowest BCUT2D eigenvalue weighted by Crippen LogP contribution is -2.21. The molecule has 1 aliphatic rings. The molecule has 1 aromatic carbocycles. The van der Waals surface area contributed by atoms with Crippen LogP contribution in [0.1, 0.15) is 30.9 Å². The summed E-state index contributed by atoms with van der Waals surface area (Å²) in [5.74, 6) is 1.59. The molecule has 4 heteroatoms. The molecule has 0 unspecified atom stereocenters. The predicted octanol–water partition coefficient (Wildman–Crippen LogP) is 3.08. The molecule has 1 fully saturated rings. The topological polar surface area (TPSA) is 45.6 Å². The summed E-state index contributed by atoms with van der Waals surface area (Å²) in [5.41, 5.74) is 2.47. The molecule has 2 heterocycles. The smallest absolute Gasteiger partial charge is 0.124 e. The zero-order chi connectivity index (χ0) is 16.9. The third-order valence-electron chi connectivity index (χ3n) is 4.61. The van der Waals surface area contributed by atoms with Gasteiger partial charge in [0.05, 0.1) is 6.10 Å². The minimum absolute atomic E-state index is 0.166. The first kappa shape index (κ1) is 16.9. The monoisotopic (exact) mass is 326 g/mol. The van der Waals surface area contributed by atoms with Crippen molar-refractivity contribution in [2.45, 2.75) is 32.4 Å². The molecule has 3 rings (SSSR count). The zero-order valence-electron chi connectivity index (χ0n) is 14.4. The standard InChI is InChI=1S/C20H26N2O2/c1-15(2)24-20-6-4-3-5-17(20)11-22-12-18(14-23)19(13-22)16-7-9-21-10-8-16/h3-10,15,18-19,23H,11-14H2,1-2H3/t18-,19-/m0/s1. The van der Waals surface area contributed by atoms with Crippen LogP contribution in [0.5, 0.6) is 5.75 Å². The molecular formula is C20H26N2O2. The number of para-hydroxylation sites is 1. The molecule has 0 aliphatic carbocycles. The third-order valence-corrected chi connectivity index (χ3v) is 4.61. The van der Waals surface area contributed by atoms with Gasteiger partial charge in [-0.15, -0.1) is 0 Å². The highest BCUT2D eigenvalue weighted by Gasteiger charge is 2.33. The second-order valence-electron chi connectivity index (χ2n) is 6.80. The van der Waals surface area contributed by atoms with Crippen LogP contribution in [0.3, 0.4) is 0 Å². The highest BCUT2D eigenvalue weighted by Crippen LogP contribution is 2.34. The molecule has 1 saturated heterocycles. The summed E-state index contributed by atoms with van der Waals surface area (Å²) in [5, 5.41) is 9.79. The SMILES string of the molecule is CC(C)Oc1ccccc1CN1C[C@@H](CO)[C@H](c2ccncc2)C1. The minimum atomic E-state index is 0.166. The van der Waals surface area contributed by atoms with E-state index in [2.05, 4.69) is 34.1 Å². The van der Waals surface area contributed by atoms with Gasteiger partial charge in [-0.05, 0) is 37.6 Å². The van der Waals surface area contributed by atoms with E-state index in [-0.39, 0.29) is 18.6 Å². The Labute approximate surface area is 144 Å². The maximum absolute atomic E-state index is 9.79. The molecule has 0 radical (unpaired) electrons. The van der Waals surface area contributed by atoms with Crippen LogP contribution in [0.2, 0.25) is 0 Å². The number of benzene rings is 1. The molecule has 0 spiro atoms. The van der Waals surface area contributed by atoms with E-state index in [0.717, 1.165) is 25.4 Å². The lowest BCUT2D eigenvalue weighted by Gasteiger charge is -2.19. The van der Waals surface area contributed by atoms with Crippen LogP contribution < -0.4 is 4.74 Å². The number of hydrogen-bond donors (Lipinski definition) is 1. The number of ether oxygens (including phenoxy) is 1. The van der Waals surface area contributed by atoms with Gasteiger partial charge in [0.2, 0.25) is 0 Å². The highest BCUT2D eigenvalue weighted by molar-refractivity contribution is 5.33. The number of rotatable bonds is 6. The van der Waals surface area contributed by atoms with Crippen molar-refractivity contribution in [3.8, 4) is 5.75 Å². The van der Waals surface area contributed by atoms with Gasteiger partial charge in [0, 0.05) is 56.0 Å². The molecule has 0 amide bonds. The first-order chi connectivity index (χ1) is 11.7. The van der Waals surface area contributed by atoms with Crippen LogP contribution in [0.15, 0.2) is 48.8 Å². The Morgan fingerprint density at radius 3 is 2.62 bits per heavy atom. The van der Waals surface area contributed by atoms with Crippen LogP contribution in [-0.2, 0) is 6.54 Å². The maximum Gasteiger partial charge on any atom is 0.124 e. The molecule has 1 aromatic heterocycles. The fraction of sp³-hybridized carbons (Fsp3) is 0.450. The van der Waals surface area contributed by atoms with Gasteiger partial charge in [-0.3, -0.25) is 9.88 Å². The summed E-state index contributed by atoms with van der Waals surface area (Å²) in [6, 6.07) is 12.4. The van der Waals surface area contributed by atoms with Crippen molar-refractivity contribution in [1.29, 1.82) is 0 Å². The minimum Gasteiger partial charge on any atom is -0.491 e. The van der Waals surface area contributed by atoms with Crippen molar-refractivity contribution in [1.82, 2.24) is 9.88 Å². The zero-order valence-corrected chi connectivity index (χ0v) is 14.4. The maximum atomic E-state index is 9.79. The van der Waals surface area contributed by atoms with Crippen LogP contribution in [0.4, 0.5) is 0 Å². The van der Waals surface area contributed by atoms with Crippen molar-refractivity contribution in [2.75, 3.05) is 19.7 Å². The summed E-state index contributed by atoms with van der Waals surface area (Å²) in [6.07, 6.45) is 3.83. The Hall–Kier alpha value is -1.91. The molecule has 0 saturated carbocycles. The number of aromatic nitrogens is 1. The number of nitrogens with zero attached hydrogens (tertiary/aromatic N) is 2. The normalized spacial score (nSPS) is 21.3. The molecule has 2 aromatic rings.